The van der Waals surface area contributed by atoms with E-state index in [4.69, 9.17) is 14.9 Å². The molecule has 7 heteroatoms. The van der Waals surface area contributed by atoms with Gasteiger partial charge in [0.2, 0.25) is 0 Å². The molecule has 0 spiro atoms. The zero-order chi connectivity index (χ0) is 22.3. The number of hydrogen-bond acceptors (Lipinski definition) is 5. The van der Waals surface area contributed by atoms with Gasteiger partial charge in [-0.1, -0.05) is 68.9 Å². The van der Waals surface area contributed by atoms with Crippen molar-refractivity contribution in [3.63, 3.8) is 0 Å². The quantitative estimate of drug-likeness (QED) is 0.493. The molecular formula is C24H38N2O5. The molecule has 3 rings (SSSR count). The highest BCUT2D eigenvalue weighted by Gasteiger charge is 2.20. The Bertz CT molecular complexity index is 612. The van der Waals surface area contributed by atoms with E-state index in [0.717, 1.165) is 17.6 Å². The highest BCUT2D eigenvalue weighted by Crippen LogP contribution is 2.22. The van der Waals surface area contributed by atoms with Crippen molar-refractivity contribution in [3.8, 4) is 0 Å². The molecule has 0 unspecified atom stereocenters. The topological polar surface area (TPSA) is 108 Å². The van der Waals surface area contributed by atoms with Gasteiger partial charge in [0.1, 0.15) is 12.6 Å². The average Bonchev–Trinajstić information content (AvgIpc) is 2.80. The molecule has 31 heavy (non-hydrogen) atoms. The molecule has 0 bridgehead atoms. The number of nitrogens with one attached hydrogen (secondary N) is 2. The Morgan fingerprint density at radius 1 is 0.935 bits per heavy atom. The van der Waals surface area contributed by atoms with E-state index in [1.165, 1.54) is 64.2 Å². The number of benzene rings is 1. The molecule has 0 aromatic heterocycles. The molecule has 4 N–H and O–H groups in total. The maximum Gasteiger partial charge on any atom is 0.408 e. The first-order valence-corrected chi connectivity index (χ1v) is 11.7. The van der Waals surface area contributed by atoms with E-state index in [-0.39, 0.29) is 19.6 Å². The first kappa shape index (κ1) is 25.1. The summed E-state index contributed by atoms with van der Waals surface area (Å²) in [6.07, 6.45) is 13.7. The average molecular weight is 435 g/mol. The van der Waals surface area contributed by atoms with Gasteiger partial charge < -0.3 is 25.6 Å². The zero-order valence-corrected chi connectivity index (χ0v) is 18.4. The minimum Gasteiger partial charge on any atom is -0.480 e. The van der Waals surface area contributed by atoms with Crippen molar-refractivity contribution >= 4 is 12.1 Å². The second-order valence-corrected chi connectivity index (χ2v) is 8.45. The number of aliphatic hydroxyl groups excluding tert-OH is 1. The van der Waals surface area contributed by atoms with Crippen LogP contribution in [0.1, 0.15) is 76.2 Å². The van der Waals surface area contributed by atoms with Gasteiger partial charge in [-0.15, -0.1) is 0 Å². The van der Waals surface area contributed by atoms with Gasteiger partial charge in [0.05, 0.1) is 0 Å². The van der Waals surface area contributed by atoms with Crippen molar-refractivity contribution in [3.05, 3.63) is 35.9 Å². The molecule has 1 aromatic rings. The van der Waals surface area contributed by atoms with Crippen molar-refractivity contribution in [1.82, 2.24) is 10.6 Å². The van der Waals surface area contributed by atoms with Crippen molar-refractivity contribution in [2.45, 2.75) is 95.4 Å². The van der Waals surface area contributed by atoms with Crippen molar-refractivity contribution in [1.29, 1.82) is 0 Å². The van der Waals surface area contributed by atoms with E-state index in [0.29, 0.717) is 0 Å². The number of alkyl carbamates (subject to hydrolysis) is 1. The maximum absolute atomic E-state index is 11.3. The lowest BCUT2D eigenvalue weighted by molar-refractivity contribution is -0.139. The number of carbonyl (C=O) groups is 2. The van der Waals surface area contributed by atoms with Gasteiger partial charge in [-0.25, -0.2) is 9.59 Å². The van der Waals surface area contributed by atoms with Crippen LogP contribution in [-0.2, 0) is 16.1 Å². The summed E-state index contributed by atoms with van der Waals surface area (Å²) in [6, 6.07) is 9.63. The van der Waals surface area contributed by atoms with E-state index in [2.05, 4.69) is 10.6 Å². The van der Waals surface area contributed by atoms with Crippen molar-refractivity contribution in [2.24, 2.45) is 0 Å². The summed E-state index contributed by atoms with van der Waals surface area (Å²) >= 11 is 0. The molecule has 0 saturated heterocycles. The molecule has 1 amide bonds. The number of amides is 1. The van der Waals surface area contributed by atoms with E-state index < -0.39 is 18.1 Å². The number of carbonyl (C=O) groups excluding carboxylic acids is 1. The van der Waals surface area contributed by atoms with Gasteiger partial charge >= 0.3 is 12.1 Å². The summed E-state index contributed by atoms with van der Waals surface area (Å²) in [6.45, 7) is -0.256. The van der Waals surface area contributed by atoms with Crippen LogP contribution in [0, 0.1) is 0 Å². The number of aliphatic carboxylic acids is 1. The Balaban J connectivity index is 0.000000231. The van der Waals surface area contributed by atoms with Crippen LogP contribution in [0.25, 0.3) is 0 Å². The second kappa shape index (κ2) is 14.8. The number of ether oxygens (including phenoxy) is 1. The molecule has 1 atom stereocenters. The normalized spacial score (nSPS) is 18.4. The third-order valence-corrected chi connectivity index (χ3v) is 5.90. The smallest absolute Gasteiger partial charge is 0.408 e. The van der Waals surface area contributed by atoms with Crippen LogP contribution in [0.3, 0.4) is 0 Å². The molecule has 174 valence electrons. The van der Waals surface area contributed by atoms with Crippen LogP contribution in [0.5, 0.6) is 0 Å². The van der Waals surface area contributed by atoms with Crippen LogP contribution in [0.2, 0.25) is 0 Å². The fourth-order valence-electron chi connectivity index (χ4n) is 4.17. The Morgan fingerprint density at radius 3 is 1.97 bits per heavy atom. The summed E-state index contributed by atoms with van der Waals surface area (Å²) in [7, 11) is 0. The van der Waals surface area contributed by atoms with Crippen LogP contribution in [0.15, 0.2) is 30.3 Å². The largest absolute Gasteiger partial charge is 0.480 e. The zero-order valence-electron chi connectivity index (χ0n) is 18.4. The van der Waals surface area contributed by atoms with Gasteiger partial charge in [-0.3, -0.25) is 0 Å². The lowest BCUT2D eigenvalue weighted by Gasteiger charge is -2.30. The third kappa shape index (κ3) is 10.6. The fourth-order valence-corrected chi connectivity index (χ4v) is 4.17. The number of carboxylic acids is 1. The summed E-state index contributed by atoms with van der Waals surface area (Å²) in [5.74, 6) is -1.21. The predicted octanol–water partition coefficient (Wildman–Crippen LogP) is 3.99. The Labute approximate surface area is 185 Å². The predicted molar refractivity (Wildman–Crippen MR) is 120 cm³/mol. The molecule has 2 fully saturated rings. The van der Waals surface area contributed by atoms with Crippen LogP contribution in [0.4, 0.5) is 4.79 Å². The molecule has 0 radical (unpaired) electrons. The number of aliphatic hydroxyl groups is 1. The van der Waals surface area contributed by atoms with Crippen LogP contribution < -0.4 is 10.6 Å². The van der Waals surface area contributed by atoms with Gasteiger partial charge in [0.15, 0.2) is 0 Å². The minimum atomic E-state index is -1.21. The first-order chi connectivity index (χ1) is 15.1. The molecule has 0 aliphatic heterocycles. The number of carboxylic acid groups (broad SMARTS) is 1. The summed E-state index contributed by atoms with van der Waals surface area (Å²) in [4.78, 5) is 22.0. The second-order valence-electron chi connectivity index (χ2n) is 8.45. The fraction of sp³-hybridized carbons (Fsp3) is 0.667. The summed E-state index contributed by atoms with van der Waals surface area (Å²) < 4.78 is 4.86. The highest BCUT2D eigenvalue weighted by atomic mass is 16.5. The van der Waals surface area contributed by atoms with Gasteiger partial charge in [0.25, 0.3) is 0 Å². The Hall–Kier alpha value is -2.12. The van der Waals surface area contributed by atoms with Crippen LogP contribution >= 0.6 is 0 Å². The summed E-state index contributed by atoms with van der Waals surface area (Å²) in [5.41, 5.74) is 0.807. The standard InChI is InChI=1S/C12H15NO5.C12H23N/c14-7-6-10(11(15)16)13-12(17)18-8-9-4-2-1-3-5-9;1-3-7-11(8-4-1)13-12-9-5-2-6-10-12/h1-5,10,14H,6-8H2,(H,13,17)(H,15,16);11-13H,1-10H2/t10-;/m0./s1. The molecule has 7 nitrogen and oxygen atoms in total. The SMILES string of the molecule is C1CCC(NC2CCCCC2)CC1.O=C(N[C@@H](CCO)C(=O)O)OCc1ccccc1. The first-order valence-electron chi connectivity index (χ1n) is 11.7. The highest BCUT2D eigenvalue weighted by molar-refractivity contribution is 5.79. The molecule has 2 saturated carbocycles. The van der Waals surface area contributed by atoms with Crippen molar-refractivity contribution in [2.75, 3.05) is 6.61 Å². The van der Waals surface area contributed by atoms with Crippen LogP contribution in [-0.4, -0.2) is 47.0 Å². The molecule has 2 aliphatic rings. The molecule has 0 heterocycles. The minimum absolute atomic E-state index is 0.0598. The Kier molecular flexibility index (Phi) is 12.0. The lowest BCUT2D eigenvalue weighted by Crippen LogP contribution is -2.41. The van der Waals surface area contributed by atoms with Gasteiger partial charge in [-0.05, 0) is 31.2 Å². The Morgan fingerprint density at radius 2 is 1.48 bits per heavy atom. The molecule has 1 aromatic carbocycles. The van der Waals surface area contributed by atoms with Crippen molar-refractivity contribution < 1.29 is 24.5 Å². The lowest BCUT2D eigenvalue weighted by atomic mass is 9.91. The third-order valence-electron chi connectivity index (χ3n) is 5.90. The molecular weight excluding hydrogens is 396 g/mol. The monoisotopic (exact) mass is 434 g/mol. The van der Waals surface area contributed by atoms with Gasteiger partial charge in [0, 0.05) is 25.1 Å². The van der Waals surface area contributed by atoms with E-state index in [1.807, 2.05) is 18.2 Å². The maximum atomic E-state index is 11.3. The number of hydrogen-bond donors (Lipinski definition) is 4. The van der Waals surface area contributed by atoms with Gasteiger partial charge in [-0.2, -0.15) is 0 Å². The van der Waals surface area contributed by atoms with E-state index in [1.54, 1.807) is 12.1 Å². The van der Waals surface area contributed by atoms with E-state index >= 15 is 0 Å². The number of rotatable bonds is 8. The summed E-state index contributed by atoms with van der Waals surface area (Å²) in [5, 5.41) is 23.4. The van der Waals surface area contributed by atoms with E-state index in [9.17, 15) is 9.59 Å². The molecule has 2 aliphatic carbocycles.